The van der Waals surface area contributed by atoms with Gasteiger partial charge in [-0.3, -0.25) is 0 Å². The number of aromatic nitrogens is 1. The summed E-state index contributed by atoms with van der Waals surface area (Å²) in [4.78, 5) is 4.23. The van der Waals surface area contributed by atoms with E-state index < -0.39 is 0 Å². The minimum atomic E-state index is -0.280. The highest BCUT2D eigenvalue weighted by atomic mass is 79.9. The Hall–Kier alpha value is -1.33. The Labute approximate surface area is 108 Å². The second-order valence-electron chi connectivity index (χ2n) is 3.71. The first-order valence-electron chi connectivity index (χ1n) is 5.23. The third-order valence-corrected chi connectivity index (χ3v) is 3.27. The molecule has 2 heterocycles. The van der Waals surface area contributed by atoms with Crippen molar-refractivity contribution in [3.05, 3.63) is 46.5 Å². The molecule has 0 bridgehead atoms. The van der Waals surface area contributed by atoms with Crippen LogP contribution in [-0.4, -0.2) is 16.7 Å². The van der Waals surface area contributed by atoms with Crippen LogP contribution in [0.15, 0.2) is 39.5 Å². The first-order chi connectivity index (χ1) is 8.20. The number of aryl methyl sites for hydroxylation is 1. The zero-order valence-corrected chi connectivity index (χ0v) is 10.9. The van der Waals surface area contributed by atoms with E-state index in [-0.39, 0.29) is 12.6 Å². The maximum absolute atomic E-state index is 9.32. The van der Waals surface area contributed by atoms with Gasteiger partial charge in [0.1, 0.15) is 17.6 Å². The van der Waals surface area contributed by atoms with Crippen molar-refractivity contribution in [2.24, 2.45) is 0 Å². The highest BCUT2D eigenvalue weighted by Gasteiger charge is 2.13. The summed E-state index contributed by atoms with van der Waals surface area (Å²) in [7, 11) is 0. The molecule has 2 rings (SSSR count). The maximum atomic E-state index is 9.32. The van der Waals surface area contributed by atoms with Gasteiger partial charge in [0.25, 0.3) is 0 Å². The van der Waals surface area contributed by atoms with Crippen molar-refractivity contribution < 1.29 is 9.52 Å². The van der Waals surface area contributed by atoms with Crippen molar-refractivity contribution in [2.45, 2.75) is 13.0 Å². The van der Waals surface area contributed by atoms with Crippen LogP contribution in [0.3, 0.4) is 0 Å². The van der Waals surface area contributed by atoms with Crippen LogP contribution in [0.2, 0.25) is 0 Å². The summed E-state index contributed by atoms with van der Waals surface area (Å²) in [6, 6.07) is 5.24. The molecule has 90 valence electrons. The fourth-order valence-corrected chi connectivity index (χ4v) is 1.71. The lowest BCUT2D eigenvalue weighted by atomic mass is 10.2. The molecule has 0 spiro atoms. The number of aliphatic hydroxyl groups excluding tert-OH is 1. The van der Waals surface area contributed by atoms with Gasteiger partial charge in [-0.15, -0.1) is 0 Å². The van der Waals surface area contributed by atoms with E-state index in [0.717, 1.165) is 10.0 Å². The Kier molecular flexibility index (Phi) is 3.81. The van der Waals surface area contributed by atoms with Gasteiger partial charge in [-0.1, -0.05) is 0 Å². The Bertz CT molecular complexity index is 485. The van der Waals surface area contributed by atoms with E-state index in [0.29, 0.717) is 11.6 Å². The zero-order chi connectivity index (χ0) is 12.3. The smallest absolute Gasteiger partial charge is 0.128 e. The number of halogens is 1. The molecule has 0 fully saturated rings. The van der Waals surface area contributed by atoms with Crippen molar-refractivity contribution in [3.63, 3.8) is 0 Å². The molecule has 0 aliphatic heterocycles. The van der Waals surface area contributed by atoms with Crippen molar-refractivity contribution in [1.29, 1.82) is 0 Å². The van der Waals surface area contributed by atoms with Crippen LogP contribution in [0.1, 0.15) is 17.4 Å². The molecule has 0 amide bonds. The summed E-state index contributed by atoms with van der Waals surface area (Å²) in [6.45, 7) is 1.93. The molecule has 1 atom stereocenters. The number of nitrogens with one attached hydrogen (secondary N) is 1. The average molecular weight is 297 g/mol. The van der Waals surface area contributed by atoms with Crippen LogP contribution < -0.4 is 5.32 Å². The summed E-state index contributed by atoms with van der Waals surface area (Å²) in [5.41, 5.74) is 1.08. The molecule has 0 unspecified atom stereocenters. The molecule has 4 nitrogen and oxygen atoms in total. The van der Waals surface area contributed by atoms with E-state index >= 15 is 0 Å². The molecular weight excluding hydrogens is 284 g/mol. The lowest BCUT2D eigenvalue weighted by Crippen LogP contribution is -2.15. The van der Waals surface area contributed by atoms with Gasteiger partial charge in [0, 0.05) is 10.7 Å². The summed E-state index contributed by atoms with van der Waals surface area (Å²) in [6.07, 6.45) is 3.31. The molecule has 2 N–H and O–H groups in total. The number of hydrogen-bond acceptors (Lipinski definition) is 4. The van der Waals surface area contributed by atoms with Crippen LogP contribution in [-0.2, 0) is 0 Å². The summed E-state index contributed by atoms with van der Waals surface area (Å²) < 4.78 is 6.21. The van der Waals surface area contributed by atoms with Crippen molar-refractivity contribution >= 4 is 21.7 Å². The molecule has 2 aromatic rings. The largest absolute Gasteiger partial charge is 0.467 e. The van der Waals surface area contributed by atoms with Crippen LogP contribution in [0.25, 0.3) is 0 Å². The fourth-order valence-electron chi connectivity index (χ4n) is 1.49. The van der Waals surface area contributed by atoms with Gasteiger partial charge in [-0.2, -0.15) is 0 Å². The normalized spacial score (nSPS) is 12.4. The molecule has 0 saturated heterocycles. The first-order valence-corrected chi connectivity index (χ1v) is 6.03. The van der Waals surface area contributed by atoms with Crippen LogP contribution in [0.5, 0.6) is 0 Å². The number of anilines is 1. The van der Waals surface area contributed by atoms with E-state index in [1.807, 2.05) is 19.1 Å². The third kappa shape index (κ3) is 2.87. The van der Waals surface area contributed by atoms with Crippen LogP contribution in [0, 0.1) is 6.92 Å². The first kappa shape index (κ1) is 12.1. The fraction of sp³-hybridized carbons (Fsp3) is 0.250. The summed E-state index contributed by atoms with van der Waals surface area (Å²) >= 11 is 3.39. The zero-order valence-electron chi connectivity index (χ0n) is 9.35. The highest BCUT2D eigenvalue weighted by Crippen LogP contribution is 2.21. The topological polar surface area (TPSA) is 58.3 Å². The molecule has 5 heteroatoms. The third-order valence-electron chi connectivity index (χ3n) is 2.44. The predicted octanol–water partition coefficient (Wildman–Crippen LogP) is 2.89. The summed E-state index contributed by atoms with van der Waals surface area (Å²) in [5, 5.41) is 12.4. The van der Waals surface area contributed by atoms with E-state index in [4.69, 9.17) is 4.42 Å². The van der Waals surface area contributed by atoms with Gasteiger partial charge in [-0.25, -0.2) is 4.98 Å². The summed E-state index contributed by atoms with van der Waals surface area (Å²) in [5.74, 6) is 1.40. The highest BCUT2D eigenvalue weighted by molar-refractivity contribution is 9.10. The molecule has 0 aromatic carbocycles. The molecular formula is C12H13BrN2O2. The number of hydrogen-bond donors (Lipinski definition) is 2. The standard InChI is InChI=1S/C12H13BrN2O2/c1-8-5-12(14-6-9(8)13)15-10(7-16)11-3-2-4-17-11/h2-6,10,16H,7H2,1H3,(H,14,15)/t10-/m1/s1. The van der Waals surface area contributed by atoms with Gasteiger partial charge < -0.3 is 14.8 Å². The molecule has 0 aliphatic rings. The van der Waals surface area contributed by atoms with Gasteiger partial charge in [0.15, 0.2) is 0 Å². The minimum Gasteiger partial charge on any atom is -0.467 e. The minimum absolute atomic E-state index is 0.0513. The Balaban J connectivity index is 2.16. The number of nitrogens with zero attached hydrogens (tertiary/aromatic N) is 1. The van der Waals surface area contributed by atoms with E-state index in [2.05, 4.69) is 26.2 Å². The Morgan fingerprint density at radius 2 is 2.41 bits per heavy atom. The predicted molar refractivity (Wildman–Crippen MR) is 68.8 cm³/mol. The second-order valence-corrected chi connectivity index (χ2v) is 4.57. The monoisotopic (exact) mass is 296 g/mol. The average Bonchev–Trinajstić information content (AvgIpc) is 2.84. The number of furan rings is 1. The quantitative estimate of drug-likeness (QED) is 0.911. The van der Waals surface area contributed by atoms with Gasteiger partial charge in [-0.05, 0) is 46.6 Å². The van der Waals surface area contributed by atoms with Gasteiger partial charge in [0.05, 0.1) is 12.9 Å². The Morgan fingerprint density at radius 1 is 1.59 bits per heavy atom. The second kappa shape index (κ2) is 5.33. The SMILES string of the molecule is Cc1cc(N[C@H](CO)c2ccco2)ncc1Br. The maximum Gasteiger partial charge on any atom is 0.128 e. The van der Waals surface area contributed by atoms with E-state index in [1.165, 1.54) is 0 Å². The number of aliphatic hydroxyl groups is 1. The molecule has 2 aromatic heterocycles. The number of pyridine rings is 1. The molecule has 0 aliphatic carbocycles. The van der Waals surface area contributed by atoms with Crippen molar-refractivity contribution in [1.82, 2.24) is 4.98 Å². The van der Waals surface area contributed by atoms with Crippen molar-refractivity contribution in [2.75, 3.05) is 11.9 Å². The van der Waals surface area contributed by atoms with E-state index in [9.17, 15) is 5.11 Å². The Morgan fingerprint density at radius 3 is 3.00 bits per heavy atom. The van der Waals surface area contributed by atoms with Crippen molar-refractivity contribution in [3.8, 4) is 0 Å². The van der Waals surface area contributed by atoms with Gasteiger partial charge >= 0.3 is 0 Å². The molecule has 17 heavy (non-hydrogen) atoms. The molecule has 0 saturated carbocycles. The van der Waals surface area contributed by atoms with E-state index in [1.54, 1.807) is 18.5 Å². The van der Waals surface area contributed by atoms with Gasteiger partial charge in [0.2, 0.25) is 0 Å². The lowest BCUT2D eigenvalue weighted by molar-refractivity contribution is 0.261. The lowest BCUT2D eigenvalue weighted by Gasteiger charge is -2.15. The van der Waals surface area contributed by atoms with Crippen LogP contribution in [0.4, 0.5) is 5.82 Å². The molecule has 0 radical (unpaired) electrons. The van der Waals surface area contributed by atoms with Crippen LogP contribution >= 0.6 is 15.9 Å². The number of rotatable bonds is 4.